The second-order valence-corrected chi connectivity index (χ2v) is 3.18. The van der Waals surface area contributed by atoms with Gasteiger partial charge in [0.05, 0.1) is 14.2 Å². The van der Waals surface area contributed by atoms with Gasteiger partial charge in [-0.15, -0.1) is 0 Å². The van der Waals surface area contributed by atoms with E-state index in [0.717, 1.165) is 25.4 Å². The van der Waals surface area contributed by atoms with E-state index in [0.29, 0.717) is 0 Å². The largest absolute Gasteiger partial charge is 0.481 e. The number of carbonyl (C=O) groups is 1. The molecule has 0 aliphatic heterocycles. The Balaban J connectivity index is 3.11. The van der Waals surface area contributed by atoms with Gasteiger partial charge >= 0.3 is 12.1 Å². The van der Waals surface area contributed by atoms with Crippen LogP contribution in [0, 0.1) is 0 Å². The summed E-state index contributed by atoms with van der Waals surface area (Å²) in [5.41, 5.74) is -0.884. The molecule has 4 nitrogen and oxygen atoms in total. The lowest BCUT2D eigenvalue weighted by Crippen LogP contribution is -2.09. The van der Waals surface area contributed by atoms with Gasteiger partial charge in [-0.1, -0.05) is 0 Å². The van der Waals surface area contributed by atoms with Crippen LogP contribution in [0.2, 0.25) is 0 Å². The number of carbonyl (C=O) groups excluding carboxylic acids is 1. The molecule has 0 amide bonds. The van der Waals surface area contributed by atoms with E-state index < -0.39 is 23.6 Å². The number of pyridine rings is 1. The van der Waals surface area contributed by atoms with Crippen molar-refractivity contribution in [3.05, 3.63) is 29.5 Å². The van der Waals surface area contributed by atoms with Gasteiger partial charge in [-0.3, -0.25) is 0 Å². The Bertz CT molecular complexity index is 469. The molecule has 0 saturated carbocycles. The molecular weight excluding hydrogens is 251 g/mol. The van der Waals surface area contributed by atoms with Crippen LogP contribution in [0.5, 0.6) is 5.88 Å². The number of aromatic nitrogens is 1. The molecule has 1 aromatic heterocycles. The second-order valence-electron chi connectivity index (χ2n) is 3.18. The van der Waals surface area contributed by atoms with E-state index in [2.05, 4.69) is 14.5 Å². The first kappa shape index (κ1) is 14.0. The minimum Gasteiger partial charge on any atom is -0.481 e. The predicted octanol–water partition coefficient (Wildman–Crippen LogP) is 2.30. The molecule has 0 atom stereocenters. The first-order valence-electron chi connectivity index (χ1n) is 4.75. The SMILES string of the molecule is COC(=O)C=Cc1cnc(OC)c(C(F)(F)F)c1. The van der Waals surface area contributed by atoms with Crippen molar-refractivity contribution in [2.24, 2.45) is 0 Å². The molecule has 1 aromatic rings. The molecule has 0 unspecified atom stereocenters. The number of rotatable bonds is 3. The summed E-state index contributed by atoms with van der Waals surface area (Å²) < 4.78 is 46.8. The lowest BCUT2D eigenvalue weighted by molar-refractivity contribution is -0.139. The molecule has 98 valence electrons. The van der Waals surface area contributed by atoms with Gasteiger partial charge in [-0.25, -0.2) is 9.78 Å². The quantitative estimate of drug-likeness (QED) is 0.618. The zero-order chi connectivity index (χ0) is 13.8. The third-order valence-corrected chi connectivity index (χ3v) is 1.98. The monoisotopic (exact) mass is 261 g/mol. The van der Waals surface area contributed by atoms with Gasteiger partial charge in [0.2, 0.25) is 5.88 Å². The van der Waals surface area contributed by atoms with Crippen LogP contribution in [0.4, 0.5) is 13.2 Å². The van der Waals surface area contributed by atoms with Gasteiger partial charge in [-0.05, 0) is 17.7 Å². The van der Waals surface area contributed by atoms with Gasteiger partial charge in [0.25, 0.3) is 0 Å². The van der Waals surface area contributed by atoms with Crippen LogP contribution in [0.3, 0.4) is 0 Å². The Kier molecular flexibility index (Phi) is 4.30. The summed E-state index contributed by atoms with van der Waals surface area (Å²) in [6.07, 6.45) is -1.24. The zero-order valence-corrected chi connectivity index (χ0v) is 9.62. The Morgan fingerprint density at radius 3 is 2.56 bits per heavy atom. The van der Waals surface area contributed by atoms with Gasteiger partial charge in [0.1, 0.15) is 5.56 Å². The molecule has 18 heavy (non-hydrogen) atoms. The molecule has 0 aromatic carbocycles. The Hall–Kier alpha value is -2.05. The van der Waals surface area contributed by atoms with Gasteiger partial charge < -0.3 is 9.47 Å². The Morgan fingerprint density at radius 2 is 2.06 bits per heavy atom. The summed E-state index contributed by atoms with van der Waals surface area (Å²) in [4.78, 5) is 14.3. The molecule has 0 aliphatic carbocycles. The minimum atomic E-state index is -4.58. The highest BCUT2D eigenvalue weighted by atomic mass is 19.4. The molecule has 0 fully saturated rings. The maximum Gasteiger partial charge on any atom is 0.421 e. The molecule has 0 saturated heterocycles. The number of hydrogen-bond acceptors (Lipinski definition) is 4. The minimum absolute atomic E-state index is 0.119. The molecule has 0 N–H and O–H groups in total. The smallest absolute Gasteiger partial charge is 0.421 e. The number of nitrogens with zero attached hydrogens (tertiary/aromatic N) is 1. The van der Waals surface area contributed by atoms with Gasteiger partial charge in [-0.2, -0.15) is 13.2 Å². The van der Waals surface area contributed by atoms with Crippen molar-refractivity contribution in [3.63, 3.8) is 0 Å². The fraction of sp³-hybridized carbons (Fsp3) is 0.273. The number of hydrogen-bond donors (Lipinski definition) is 0. The van der Waals surface area contributed by atoms with Crippen molar-refractivity contribution in [2.75, 3.05) is 14.2 Å². The third-order valence-electron chi connectivity index (χ3n) is 1.98. The summed E-state index contributed by atoms with van der Waals surface area (Å²) in [6, 6.07) is 0.839. The van der Waals surface area contributed by atoms with Crippen molar-refractivity contribution in [3.8, 4) is 5.88 Å². The highest BCUT2D eigenvalue weighted by Gasteiger charge is 2.35. The maximum absolute atomic E-state index is 12.6. The van der Waals surface area contributed by atoms with E-state index in [1.54, 1.807) is 0 Å². The van der Waals surface area contributed by atoms with E-state index in [-0.39, 0.29) is 5.56 Å². The first-order valence-corrected chi connectivity index (χ1v) is 4.75. The molecule has 1 rings (SSSR count). The van der Waals surface area contributed by atoms with Crippen LogP contribution in [-0.4, -0.2) is 25.2 Å². The molecule has 0 bridgehead atoms. The van der Waals surface area contributed by atoms with E-state index in [1.807, 2.05) is 0 Å². The summed E-state index contributed by atoms with van der Waals surface area (Å²) >= 11 is 0. The lowest BCUT2D eigenvalue weighted by atomic mass is 10.2. The highest BCUT2D eigenvalue weighted by Crippen LogP contribution is 2.35. The van der Waals surface area contributed by atoms with Gasteiger partial charge in [0.15, 0.2) is 0 Å². The van der Waals surface area contributed by atoms with Crippen LogP contribution in [0.15, 0.2) is 18.3 Å². The van der Waals surface area contributed by atoms with Crippen molar-refractivity contribution < 1.29 is 27.4 Å². The van der Waals surface area contributed by atoms with Crippen molar-refractivity contribution in [1.29, 1.82) is 0 Å². The van der Waals surface area contributed by atoms with E-state index in [4.69, 9.17) is 0 Å². The van der Waals surface area contributed by atoms with Crippen LogP contribution in [-0.2, 0) is 15.7 Å². The fourth-order valence-corrected chi connectivity index (χ4v) is 1.16. The molecule has 0 spiro atoms. The highest BCUT2D eigenvalue weighted by molar-refractivity contribution is 5.86. The zero-order valence-electron chi connectivity index (χ0n) is 9.62. The average Bonchev–Trinajstić information content (AvgIpc) is 2.34. The number of methoxy groups -OCH3 is 2. The van der Waals surface area contributed by atoms with Crippen LogP contribution < -0.4 is 4.74 Å². The average molecular weight is 261 g/mol. The summed E-state index contributed by atoms with van der Waals surface area (Å²) in [5.74, 6) is -1.18. The molecule has 0 aliphatic rings. The number of halogens is 3. The predicted molar refractivity (Wildman–Crippen MR) is 56.8 cm³/mol. The van der Waals surface area contributed by atoms with Crippen LogP contribution in [0.1, 0.15) is 11.1 Å². The van der Waals surface area contributed by atoms with Crippen LogP contribution >= 0.6 is 0 Å². The first-order chi connectivity index (χ1) is 8.38. The van der Waals surface area contributed by atoms with Crippen molar-refractivity contribution in [2.45, 2.75) is 6.18 Å². The van der Waals surface area contributed by atoms with E-state index in [1.165, 1.54) is 13.2 Å². The fourth-order valence-electron chi connectivity index (χ4n) is 1.16. The Labute approximate surface area is 101 Å². The van der Waals surface area contributed by atoms with Gasteiger partial charge in [0, 0.05) is 12.3 Å². The molecular formula is C11H10F3NO3. The number of esters is 1. The maximum atomic E-state index is 12.6. The van der Waals surface area contributed by atoms with Crippen molar-refractivity contribution in [1.82, 2.24) is 4.98 Å². The van der Waals surface area contributed by atoms with E-state index in [9.17, 15) is 18.0 Å². The lowest BCUT2D eigenvalue weighted by Gasteiger charge is -2.11. The van der Waals surface area contributed by atoms with Crippen molar-refractivity contribution >= 4 is 12.0 Å². The Morgan fingerprint density at radius 1 is 1.39 bits per heavy atom. The second kappa shape index (κ2) is 5.52. The normalized spacial score (nSPS) is 11.6. The summed E-state index contributed by atoms with van der Waals surface area (Å²) in [5, 5.41) is 0. The standard InChI is InChI=1S/C11H10F3NO3/c1-17-9(16)4-3-7-5-8(11(12,13)14)10(18-2)15-6-7/h3-6H,1-2H3. The molecule has 1 heterocycles. The topological polar surface area (TPSA) is 48.4 Å². The van der Waals surface area contributed by atoms with E-state index >= 15 is 0 Å². The molecule has 7 heteroatoms. The summed E-state index contributed by atoms with van der Waals surface area (Å²) in [6.45, 7) is 0. The number of ether oxygens (including phenoxy) is 2. The van der Waals surface area contributed by atoms with Crippen LogP contribution in [0.25, 0.3) is 6.08 Å². The summed E-state index contributed by atoms with van der Waals surface area (Å²) in [7, 11) is 2.27. The number of alkyl halides is 3. The molecule has 0 radical (unpaired) electrons. The third kappa shape index (κ3) is 3.47.